The molecule has 0 amide bonds. The van der Waals surface area contributed by atoms with Gasteiger partial charge in [0.2, 0.25) is 0 Å². The minimum Gasteiger partial charge on any atom is -0.371 e. The van der Waals surface area contributed by atoms with Crippen LogP contribution in [0.2, 0.25) is 0 Å². The van der Waals surface area contributed by atoms with Gasteiger partial charge in [0.1, 0.15) is 0 Å². The molecule has 1 saturated heterocycles. The van der Waals surface area contributed by atoms with Crippen molar-refractivity contribution in [1.29, 1.82) is 0 Å². The summed E-state index contributed by atoms with van der Waals surface area (Å²) in [6, 6.07) is 9.80. The highest BCUT2D eigenvalue weighted by Crippen LogP contribution is 2.23. The van der Waals surface area contributed by atoms with Gasteiger partial charge in [-0.15, -0.1) is 0 Å². The zero-order valence-electron chi connectivity index (χ0n) is 8.67. The lowest BCUT2D eigenvalue weighted by Gasteiger charge is -2.13. The summed E-state index contributed by atoms with van der Waals surface area (Å²) in [7, 11) is -2.88. The van der Waals surface area contributed by atoms with Crippen LogP contribution in [0.15, 0.2) is 30.3 Å². The molecule has 2 unspecified atom stereocenters. The van der Waals surface area contributed by atoms with E-state index >= 15 is 0 Å². The van der Waals surface area contributed by atoms with Crippen molar-refractivity contribution in [2.75, 3.05) is 11.5 Å². The van der Waals surface area contributed by atoms with E-state index in [4.69, 9.17) is 4.74 Å². The molecule has 0 radical (unpaired) electrons. The van der Waals surface area contributed by atoms with Crippen LogP contribution in [0.25, 0.3) is 0 Å². The molecule has 0 spiro atoms. The van der Waals surface area contributed by atoms with Gasteiger partial charge in [-0.1, -0.05) is 52.9 Å². The Morgan fingerprint density at radius 3 is 2.50 bits per heavy atom. The third kappa shape index (κ3) is 3.18. The van der Waals surface area contributed by atoms with E-state index in [1.54, 1.807) is 0 Å². The van der Waals surface area contributed by atoms with E-state index in [2.05, 4.69) is 22.6 Å². The SMILES string of the molecule is O=S1(=O)CC(I)C(OCc2ccccc2)C1. The molecular formula is C11H13IO3S. The molecule has 1 aromatic carbocycles. The Morgan fingerprint density at radius 2 is 1.94 bits per heavy atom. The molecule has 1 heterocycles. The molecule has 3 nitrogen and oxygen atoms in total. The first-order chi connectivity index (χ1) is 7.57. The van der Waals surface area contributed by atoms with Gasteiger partial charge in [0.15, 0.2) is 9.84 Å². The summed E-state index contributed by atoms with van der Waals surface area (Å²) >= 11 is 2.16. The molecule has 0 saturated carbocycles. The van der Waals surface area contributed by atoms with Crippen LogP contribution >= 0.6 is 22.6 Å². The molecule has 0 aliphatic carbocycles. The summed E-state index contributed by atoms with van der Waals surface area (Å²) in [6.07, 6.45) is -0.161. The van der Waals surface area contributed by atoms with Crippen molar-refractivity contribution in [1.82, 2.24) is 0 Å². The van der Waals surface area contributed by atoms with Gasteiger partial charge in [-0.2, -0.15) is 0 Å². The monoisotopic (exact) mass is 352 g/mol. The van der Waals surface area contributed by atoms with Crippen molar-refractivity contribution >= 4 is 32.4 Å². The van der Waals surface area contributed by atoms with Gasteiger partial charge in [-0.3, -0.25) is 0 Å². The first-order valence-corrected chi connectivity index (χ1v) is 8.13. The van der Waals surface area contributed by atoms with E-state index in [9.17, 15) is 8.42 Å². The summed E-state index contributed by atoms with van der Waals surface area (Å²) in [5.74, 6) is 0.403. The second-order valence-corrected chi connectivity index (χ2v) is 7.68. The average Bonchev–Trinajstić information content (AvgIpc) is 2.50. The molecule has 1 fully saturated rings. The third-order valence-corrected chi connectivity index (χ3v) is 6.09. The van der Waals surface area contributed by atoms with Crippen molar-refractivity contribution in [2.45, 2.75) is 16.6 Å². The molecule has 5 heteroatoms. The number of alkyl halides is 1. The molecule has 88 valence electrons. The van der Waals surface area contributed by atoms with Gasteiger partial charge in [0.25, 0.3) is 0 Å². The lowest BCUT2D eigenvalue weighted by molar-refractivity contribution is 0.0639. The highest BCUT2D eigenvalue weighted by molar-refractivity contribution is 14.1. The smallest absolute Gasteiger partial charge is 0.154 e. The number of sulfone groups is 1. The average molecular weight is 352 g/mol. The molecule has 0 N–H and O–H groups in total. The fraction of sp³-hybridized carbons (Fsp3) is 0.455. The molecule has 2 rings (SSSR count). The number of ether oxygens (including phenoxy) is 1. The quantitative estimate of drug-likeness (QED) is 0.616. The third-order valence-electron chi connectivity index (χ3n) is 2.54. The van der Waals surface area contributed by atoms with Crippen LogP contribution < -0.4 is 0 Å². The van der Waals surface area contributed by atoms with Crippen LogP contribution in [0, 0.1) is 0 Å². The Balaban J connectivity index is 1.92. The van der Waals surface area contributed by atoms with Gasteiger partial charge in [-0.25, -0.2) is 8.42 Å². The minimum absolute atomic E-state index is 0.0753. The van der Waals surface area contributed by atoms with E-state index in [-0.39, 0.29) is 21.5 Å². The summed E-state index contributed by atoms with van der Waals surface area (Å²) < 4.78 is 28.5. The minimum atomic E-state index is -2.88. The Bertz CT molecular complexity index is 444. The van der Waals surface area contributed by atoms with Crippen LogP contribution in [0.3, 0.4) is 0 Å². The molecule has 2 atom stereocenters. The molecule has 1 aromatic rings. The van der Waals surface area contributed by atoms with Crippen molar-refractivity contribution in [2.24, 2.45) is 0 Å². The van der Waals surface area contributed by atoms with Crippen molar-refractivity contribution < 1.29 is 13.2 Å². The highest BCUT2D eigenvalue weighted by Gasteiger charge is 2.36. The zero-order chi connectivity index (χ0) is 11.6. The first-order valence-electron chi connectivity index (χ1n) is 5.07. The highest BCUT2D eigenvalue weighted by atomic mass is 127. The topological polar surface area (TPSA) is 43.4 Å². The van der Waals surface area contributed by atoms with E-state index < -0.39 is 9.84 Å². The normalized spacial score (nSPS) is 28.1. The van der Waals surface area contributed by atoms with Crippen LogP contribution in [0.4, 0.5) is 0 Å². The van der Waals surface area contributed by atoms with Crippen LogP contribution in [-0.4, -0.2) is 30.0 Å². The van der Waals surface area contributed by atoms with Gasteiger partial charge < -0.3 is 4.74 Å². The predicted molar refractivity (Wildman–Crippen MR) is 71.5 cm³/mol. The molecule has 1 aliphatic rings. The van der Waals surface area contributed by atoms with Crippen LogP contribution in [0.5, 0.6) is 0 Å². The van der Waals surface area contributed by atoms with Crippen molar-refractivity contribution in [3.63, 3.8) is 0 Å². The summed E-state index contributed by atoms with van der Waals surface area (Å²) in [4.78, 5) is 0. The number of halogens is 1. The van der Waals surface area contributed by atoms with Gasteiger partial charge >= 0.3 is 0 Å². The molecular weight excluding hydrogens is 339 g/mol. The Kier molecular flexibility index (Phi) is 3.86. The second-order valence-electron chi connectivity index (χ2n) is 3.93. The fourth-order valence-electron chi connectivity index (χ4n) is 1.70. The van der Waals surface area contributed by atoms with E-state index in [0.717, 1.165) is 5.56 Å². The number of hydrogen-bond acceptors (Lipinski definition) is 3. The summed E-state index contributed by atoms with van der Waals surface area (Å²) in [5, 5.41) is 0. The van der Waals surface area contributed by atoms with Gasteiger partial charge in [-0.05, 0) is 5.56 Å². The number of rotatable bonds is 3. The summed E-state index contributed by atoms with van der Waals surface area (Å²) in [5.41, 5.74) is 1.08. The lowest BCUT2D eigenvalue weighted by Crippen LogP contribution is -2.21. The van der Waals surface area contributed by atoms with E-state index in [1.807, 2.05) is 30.3 Å². The largest absolute Gasteiger partial charge is 0.371 e. The van der Waals surface area contributed by atoms with Crippen molar-refractivity contribution in [3.05, 3.63) is 35.9 Å². The molecule has 1 aliphatic heterocycles. The van der Waals surface area contributed by atoms with Gasteiger partial charge in [0, 0.05) is 0 Å². The fourth-order valence-corrected chi connectivity index (χ4v) is 5.82. The summed E-state index contributed by atoms with van der Waals surface area (Å²) in [6.45, 7) is 0.487. The zero-order valence-corrected chi connectivity index (χ0v) is 11.6. The second kappa shape index (κ2) is 5.01. The molecule has 0 bridgehead atoms. The van der Waals surface area contributed by atoms with Crippen molar-refractivity contribution in [3.8, 4) is 0 Å². The Morgan fingerprint density at radius 1 is 1.25 bits per heavy atom. The van der Waals surface area contributed by atoms with Crippen LogP contribution in [0.1, 0.15) is 5.56 Å². The van der Waals surface area contributed by atoms with Gasteiger partial charge in [0.05, 0.1) is 28.1 Å². The number of hydrogen-bond donors (Lipinski definition) is 0. The first kappa shape index (κ1) is 12.3. The molecule has 0 aromatic heterocycles. The molecule has 16 heavy (non-hydrogen) atoms. The maximum Gasteiger partial charge on any atom is 0.154 e. The van der Waals surface area contributed by atoms with Crippen LogP contribution in [-0.2, 0) is 21.2 Å². The van der Waals surface area contributed by atoms with E-state index in [1.165, 1.54) is 0 Å². The maximum atomic E-state index is 11.4. The Labute approximate surface area is 109 Å². The maximum absolute atomic E-state index is 11.4. The number of benzene rings is 1. The predicted octanol–water partition coefficient (Wildman–Crippen LogP) is 1.80. The lowest BCUT2D eigenvalue weighted by atomic mass is 10.2. The standard InChI is InChI=1S/C11H13IO3S/c12-10-7-16(13,14)8-11(10)15-6-9-4-2-1-3-5-9/h1-5,10-11H,6-8H2. The van der Waals surface area contributed by atoms with E-state index in [0.29, 0.717) is 6.61 Å². The Hall–Kier alpha value is -0.140.